The highest BCUT2D eigenvalue weighted by Crippen LogP contribution is 2.35. The molecule has 44 heavy (non-hydrogen) atoms. The van der Waals surface area contributed by atoms with E-state index in [2.05, 4.69) is 37.8 Å². The Labute approximate surface area is 265 Å². The fraction of sp³-hybridized carbons (Fsp3) is 0.545. The van der Waals surface area contributed by atoms with Crippen molar-refractivity contribution < 1.29 is 19.1 Å². The highest BCUT2D eigenvalue weighted by atomic mass is 35.5. The zero-order valence-corrected chi connectivity index (χ0v) is 27.3. The second-order valence-corrected chi connectivity index (χ2v) is 12.5. The van der Waals surface area contributed by atoms with Crippen LogP contribution in [0.3, 0.4) is 0 Å². The Balaban J connectivity index is 1.34. The van der Waals surface area contributed by atoms with Crippen molar-refractivity contribution in [2.45, 2.75) is 71.1 Å². The lowest BCUT2D eigenvalue weighted by molar-refractivity contribution is -0.130. The number of aromatic nitrogens is 2. The SMILES string of the molecule is CCCCCOc1cc(N2CC[C@H](C)N(Cc3ccnc4c3c(Cl)cn4CC(=O)N3CC[C@H](N(C)C)C3)C2=O)ccc1OC. The maximum atomic E-state index is 14.0. The molecule has 0 aliphatic carbocycles. The van der Waals surface area contributed by atoms with Crippen molar-refractivity contribution in [3.63, 3.8) is 0 Å². The molecule has 0 bridgehead atoms. The molecule has 2 fully saturated rings. The summed E-state index contributed by atoms with van der Waals surface area (Å²) in [7, 11) is 5.73. The Bertz CT molecular complexity index is 1480. The van der Waals surface area contributed by atoms with Gasteiger partial charge in [-0.3, -0.25) is 9.69 Å². The van der Waals surface area contributed by atoms with Gasteiger partial charge in [-0.05, 0) is 64.0 Å². The van der Waals surface area contributed by atoms with E-state index in [1.807, 2.05) is 38.6 Å². The van der Waals surface area contributed by atoms with Crippen LogP contribution in [0.2, 0.25) is 5.02 Å². The van der Waals surface area contributed by atoms with Gasteiger partial charge in [0.05, 0.1) is 18.7 Å². The number of ether oxygens (including phenoxy) is 2. The topological polar surface area (TPSA) is 83.4 Å². The number of benzene rings is 1. The second-order valence-electron chi connectivity index (χ2n) is 12.1. The fourth-order valence-corrected chi connectivity index (χ4v) is 6.48. The summed E-state index contributed by atoms with van der Waals surface area (Å²) < 4.78 is 13.4. The molecule has 2 saturated heterocycles. The first-order chi connectivity index (χ1) is 21.2. The number of amides is 3. The minimum Gasteiger partial charge on any atom is -0.493 e. The van der Waals surface area contributed by atoms with Crippen LogP contribution in [0, 0.1) is 0 Å². The number of rotatable bonds is 12. The number of likely N-dealkylation sites (tertiary alicyclic amines) is 1. The minimum absolute atomic E-state index is 0.0345. The lowest BCUT2D eigenvalue weighted by Crippen LogP contribution is -2.53. The molecule has 0 N–H and O–H groups in total. The smallest absolute Gasteiger partial charge is 0.325 e. The number of urea groups is 1. The lowest BCUT2D eigenvalue weighted by Gasteiger charge is -2.40. The number of unbranched alkanes of at least 4 members (excludes halogenated alkanes) is 2. The van der Waals surface area contributed by atoms with Crippen molar-refractivity contribution >= 4 is 40.3 Å². The van der Waals surface area contributed by atoms with Gasteiger partial charge in [-0.2, -0.15) is 0 Å². The number of fused-ring (bicyclic) bond motifs is 1. The Morgan fingerprint density at radius 3 is 2.68 bits per heavy atom. The molecule has 2 aliphatic heterocycles. The number of carbonyl (C=O) groups excluding carboxylic acids is 2. The zero-order chi connectivity index (χ0) is 31.4. The van der Waals surface area contributed by atoms with Gasteiger partial charge >= 0.3 is 6.03 Å². The van der Waals surface area contributed by atoms with Crippen LogP contribution in [0.5, 0.6) is 11.5 Å². The Morgan fingerprint density at radius 2 is 1.95 bits per heavy atom. The van der Waals surface area contributed by atoms with Crippen LogP contribution in [0.15, 0.2) is 36.7 Å². The first-order valence-electron chi connectivity index (χ1n) is 15.7. The number of methoxy groups -OCH3 is 1. The van der Waals surface area contributed by atoms with E-state index in [1.165, 1.54) is 0 Å². The van der Waals surface area contributed by atoms with Crippen molar-refractivity contribution in [2.75, 3.05) is 52.3 Å². The van der Waals surface area contributed by atoms with E-state index in [-0.39, 0.29) is 24.5 Å². The molecule has 0 radical (unpaired) electrons. The number of hydrogen-bond donors (Lipinski definition) is 0. The van der Waals surface area contributed by atoms with Crippen LogP contribution in [0.1, 0.15) is 51.5 Å². The van der Waals surface area contributed by atoms with Crippen molar-refractivity contribution in [2.24, 2.45) is 0 Å². The van der Waals surface area contributed by atoms with E-state index < -0.39 is 0 Å². The Hall–Kier alpha value is -3.50. The van der Waals surface area contributed by atoms with Gasteiger partial charge in [0.25, 0.3) is 0 Å². The summed E-state index contributed by atoms with van der Waals surface area (Å²) in [5.41, 5.74) is 2.33. The largest absolute Gasteiger partial charge is 0.493 e. The standard InChI is InChI=1S/C33H45ClN6O4/c1-6-7-8-17-44-29-18-25(9-10-28(29)43-5)39-16-12-23(2)40(33(39)42)19-24-11-14-35-32-31(24)27(34)21-38(32)22-30(41)37-15-13-26(20-37)36(3)4/h9-11,14,18,21,23,26H,6-8,12-13,15-17,19-20,22H2,1-5H3/t23-,26-/m0/s1. The average molecular weight is 625 g/mol. The summed E-state index contributed by atoms with van der Waals surface area (Å²) in [6.45, 7) is 7.47. The maximum absolute atomic E-state index is 14.0. The molecule has 0 spiro atoms. The van der Waals surface area contributed by atoms with E-state index in [1.54, 1.807) is 24.4 Å². The van der Waals surface area contributed by atoms with Gasteiger partial charge in [0, 0.05) is 67.8 Å². The summed E-state index contributed by atoms with van der Waals surface area (Å²) in [4.78, 5) is 39.5. The highest BCUT2D eigenvalue weighted by molar-refractivity contribution is 6.35. The van der Waals surface area contributed by atoms with Crippen LogP contribution in [-0.4, -0.2) is 95.7 Å². The van der Waals surface area contributed by atoms with E-state index in [9.17, 15) is 9.59 Å². The van der Waals surface area contributed by atoms with Crippen LogP contribution >= 0.6 is 11.6 Å². The summed E-state index contributed by atoms with van der Waals surface area (Å²) >= 11 is 6.78. The molecule has 2 aromatic heterocycles. The molecule has 1 aromatic carbocycles. The molecular formula is C33H45ClN6O4. The number of pyridine rings is 1. The fourth-order valence-electron chi connectivity index (χ4n) is 6.16. The molecule has 5 rings (SSSR count). The van der Waals surface area contributed by atoms with Gasteiger partial charge in [-0.25, -0.2) is 9.78 Å². The predicted octanol–water partition coefficient (Wildman–Crippen LogP) is 5.65. The second kappa shape index (κ2) is 14.1. The van der Waals surface area contributed by atoms with Crippen LogP contribution < -0.4 is 14.4 Å². The van der Waals surface area contributed by atoms with Gasteiger partial charge in [-0.15, -0.1) is 0 Å². The lowest BCUT2D eigenvalue weighted by atomic mass is 10.1. The van der Waals surface area contributed by atoms with Crippen LogP contribution in [0.4, 0.5) is 10.5 Å². The van der Waals surface area contributed by atoms with Crippen molar-refractivity contribution in [1.29, 1.82) is 0 Å². The van der Waals surface area contributed by atoms with Gasteiger partial charge < -0.3 is 28.7 Å². The zero-order valence-electron chi connectivity index (χ0n) is 26.6. The molecule has 4 heterocycles. The van der Waals surface area contributed by atoms with E-state index in [0.717, 1.165) is 61.8 Å². The molecule has 0 saturated carbocycles. The molecule has 238 valence electrons. The summed E-state index contributed by atoms with van der Waals surface area (Å²) in [5.74, 6) is 1.35. The highest BCUT2D eigenvalue weighted by Gasteiger charge is 2.33. The molecule has 3 amide bonds. The molecule has 11 heteroatoms. The van der Waals surface area contributed by atoms with Crippen LogP contribution in [0.25, 0.3) is 11.0 Å². The summed E-state index contributed by atoms with van der Waals surface area (Å²) in [5, 5.41) is 1.30. The number of likely N-dealkylation sites (N-methyl/N-ethyl adjacent to an activating group) is 1. The average Bonchev–Trinajstić information content (AvgIpc) is 3.63. The van der Waals surface area contributed by atoms with Crippen molar-refractivity contribution in [3.05, 3.63) is 47.2 Å². The first-order valence-corrected chi connectivity index (χ1v) is 16.0. The third-order valence-corrected chi connectivity index (χ3v) is 9.22. The van der Waals surface area contributed by atoms with Crippen molar-refractivity contribution in [3.8, 4) is 11.5 Å². The van der Waals surface area contributed by atoms with Gasteiger partial charge in [0.2, 0.25) is 5.91 Å². The van der Waals surface area contributed by atoms with Crippen LogP contribution in [-0.2, 0) is 17.9 Å². The number of halogens is 1. The van der Waals surface area contributed by atoms with Gasteiger partial charge in [0.15, 0.2) is 11.5 Å². The first kappa shape index (κ1) is 31.9. The third-order valence-electron chi connectivity index (χ3n) is 8.93. The van der Waals surface area contributed by atoms with E-state index in [0.29, 0.717) is 47.9 Å². The number of nitrogens with zero attached hydrogens (tertiary/aromatic N) is 6. The Kier molecular flexibility index (Phi) is 10.2. The van der Waals surface area contributed by atoms with Gasteiger partial charge in [-0.1, -0.05) is 31.4 Å². The monoisotopic (exact) mass is 624 g/mol. The van der Waals surface area contributed by atoms with E-state index in [4.69, 9.17) is 21.1 Å². The Morgan fingerprint density at radius 1 is 1.14 bits per heavy atom. The number of anilines is 1. The molecule has 2 aliphatic rings. The third kappa shape index (κ3) is 6.76. The van der Waals surface area contributed by atoms with Gasteiger partial charge in [0.1, 0.15) is 12.2 Å². The predicted molar refractivity (Wildman–Crippen MR) is 174 cm³/mol. The number of carbonyl (C=O) groups is 2. The number of hydrogen-bond acceptors (Lipinski definition) is 6. The normalized spacial score (nSPS) is 19.0. The molecule has 2 atom stereocenters. The van der Waals surface area contributed by atoms with Crippen molar-refractivity contribution in [1.82, 2.24) is 24.3 Å². The maximum Gasteiger partial charge on any atom is 0.325 e. The quantitative estimate of drug-likeness (QED) is 0.242. The molecule has 0 unspecified atom stereocenters. The van der Waals surface area contributed by atoms with E-state index >= 15 is 0 Å². The summed E-state index contributed by atoms with van der Waals surface area (Å²) in [6.07, 6.45) is 8.48. The molecule has 3 aromatic rings. The molecule has 10 nitrogen and oxygen atoms in total. The minimum atomic E-state index is -0.0778. The molecular weight excluding hydrogens is 580 g/mol. The summed E-state index contributed by atoms with van der Waals surface area (Å²) in [6, 6.07) is 7.91.